The molecule has 5 heteroatoms. The van der Waals surface area contributed by atoms with Crippen LogP contribution in [0.3, 0.4) is 0 Å². The van der Waals surface area contributed by atoms with Gasteiger partial charge in [-0.05, 0) is 44.4 Å². The zero-order chi connectivity index (χ0) is 13.8. The Balaban J connectivity index is 2.17. The minimum Gasteiger partial charge on any atom is -0.336 e. The van der Waals surface area contributed by atoms with Crippen LogP contribution in [-0.2, 0) is 0 Å². The molecular formula is C14H18F2N2O. The maximum Gasteiger partial charge on any atom is 0.254 e. The third-order valence-corrected chi connectivity index (χ3v) is 3.49. The zero-order valence-electron chi connectivity index (χ0n) is 10.7. The summed E-state index contributed by atoms with van der Waals surface area (Å²) in [5, 5.41) is 0. The molecule has 0 aromatic heterocycles. The van der Waals surface area contributed by atoms with Gasteiger partial charge in [-0.1, -0.05) is 0 Å². The van der Waals surface area contributed by atoms with Crippen molar-refractivity contribution < 1.29 is 13.6 Å². The molecule has 0 atom stereocenters. The van der Waals surface area contributed by atoms with E-state index in [1.54, 1.807) is 4.90 Å². The van der Waals surface area contributed by atoms with Crippen LogP contribution in [0.1, 0.15) is 36.0 Å². The molecule has 2 rings (SSSR count). The first-order chi connectivity index (χ1) is 9.11. The second kappa shape index (κ2) is 6.10. The molecule has 1 amide bonds. The van der Waals surface area contributed by atoms with Crippen molar-refractivity contribution in [1.29, 1.82) is 0 Å². The summed E-state index contributed by atoms with van der Waals surface area (Å²) in [6, 6.07) is 3.12. The summed E-state index contributed by atoms with van der Waals surface area (Å²) in [7, 11) is 0. The van der Waals surface area contributed by atoms with Gasteiger partial charge in [0.15, 0.2) is 0 Å². The third kappa shape index (κ3) is 3.29. The summed E-state index contributed by atoms with van der Waals surface area (Å²) in [5.74, 6) is -1.76. The smallest absolute Gasteiger partial charge is 0.254 e. The molecule has 0 spiro atoms. The monoisotopic (exact) mass is 268 g/mol. The minimum atomic E-state index is -0.726. The Kier molecular flexibility index (Phi) is 4.47. The quantitative estimate of drug-likeness (QED) is 0.890. The predicted octanol–water partition coefficient (Wildman–Crippen LogP) is 2.31. The molecule has 0 heterocycles. The Morgan fingerprint density at radius 1 is 1.26 bits per heavy atom. The number of hydrogen-bond acceptors (Lipinski definition) is 2. The minimum absolute atomic E-state index is 0.0708. The summed E-state index contributed by atoms with van der Waals surface area (Å²) in [6.07, 6.45) is 3.69. The van der Waals surface area contributed by atoms with Crippen molar-refractivity contribution in [2.24, 2.45) is 5.73 Å². The Hall–Kier alpha value is -1.49. The first-order valence-electron chi connectivity index (χ1n) is 6.59. The average Bonchev–Trinajstić information content (AvgIpc) is 2.29. The van der Waals surface area contributed by atoms with Gasteiger partial charge in [-0.3, -0.25) is 4.79 Å². The molecule has 104 valence electrons. The largest absolute Gasteiger partial charge is 0.336 e. The number of halogens is 2. The SMILES string of the molecule is NCCCN(C(=O)c1cc(F)cc(F)c1)C1CCC1. The molecule has 2 N–H and O–H groups in total. The second-order valence-electron chi connectivity index (χ2n) is 4.88. The van der Waals surface area contributed by atoms with Gasteiger partial charge in [0.1, 0.15) is 11.6 Å². The van der Waals surface area contributed by atoms with Crippen molar-refractivity contribution in [2.75, 3.05) is 13.1 Å². The van der Waals surface area contributed by atoms with Crippen LogP contribution in [-0.4, -0.2) is 29.9 Å². The van der Waals surface area contributed by atoms with Crippen molar-refractivity contribution in [2.45, 2.75) is 31.7 Å². The summed E-state index contributed by atoms with van der Waals surface area (Å²) in [4.78, 5) is 14.0. The van der Waals surface area contributed by atoms with Gasteiger partial charge in [-0.2, -0.15) is 0 Å². The summed E-state index contributed by atoms with van der Waals surface area (Å²) in [5.41, 5.74) is 5.54. The number of rotatable bonds is 5. The number of carbonyl (C=O) groups excluding carboxylic acids is 1. The lowest BCUT2D eigenvalue weighted by atomic mass is 9.90. The van der Waals surface area contributed by atoms with E-state index < -0.39 is 11.6 Å². The van der Waals surface area contributed by atoms with E-state index in [2.05, 4.69) is 0 Å². The van der Waals surface area contributed by atoms with Gasteiger partial charge in [0, 0.05) is 24.2 Å². The highest BCUT2D eigenvalue weighted by Gasteiger charge is 2.29. The number of nitrogens with zero attached hydrogens (tertiary/aromatic N) is 1. The van der Waals surface area contributed by atoms with Gasteiger partial charge in [-0.25, -0.2) is 8.78 Å². The summed E-state index contributed by atoms with van der Waals surface area (Å²) in [6.45, 7) is 1.03. The Bertz CT molecular complexity index is 441. The number of carbonyl (C=O) groups is 1. The Labute approximate surface area is 111 Å². The fraction of sp³-hybridized carbons (Fsp3) is 0.500. The van der Waals surface area contributed by atoms with E-state index in [1.807, 2.05) is 0 Å². The van der Waals surface area contributed by atoms with Gasteiger partial charge >= 0.3 is 0 Å². The lowest BCUT2D eigenvalue weighted by Crippen LogP contribution is -2.45. The fourth-order valence-electron chi connectivity index (χ4n) is 2.25. The van der Waals surface area contributed by atoms with Crippen LogP contribution in [0.5, 0.6) is 0 Å². The highest BCUT2D eigenvalue weighted by Crippen LogP contribution is 2.26. The van der Waals surface area contributed by atoms with Crippen LogP contribution in [0.4, 0.5) is 8.78 Å². The number of amides is 1. The van der Waals surface area contributed by atoms with E-state index in [9.17, 15) is 13.6 Å². The van der Waals surface area contributed by atoms with Crippen LogP contribution in [0.25, 0.3) is 0 Å². The molecule has 1 fully saturated rings. The molecule has 0 aliphatic heterocycles. The second-order valence-corrected chi connectivity index (χ2v) is 4.88. The van der Waals surface area contributed by atoms with E-state index in [0.717, 1.165) is 37.5 Å². The third-order valence-electron chi connectivity index (χ3n) is 3.49. The van der Waals surface area contributed by atoms with Crippen molar-refractivity contribution in [1.82, 2.24) is 4.90 Å². The van der Waals surface area contributed by atoms with E-state index >= 15 is 0 Å². The highest BCUT2D eigenvalue weighted by atomic mass is 19.1. The maximum atomic E-state index is 13.2. The molecule has 0 saturated heterocycles. The van der Waals surface area contributed by atoms with Crippen molar-refractivity contribution in [3.8, 4) is 0 Å². The molecule has 1 aliphatic carbocycles. The van der Waals surface area contributed by atoms with Crippen molar-refractivity contribution in [3.63, 3.8) is 0 Å². The zero-order valence-corrected chi connectivity index (χ0v) is 10.7. The molecule has 3 nitrogen and oxygen atoms in total. The molecule has 1 aliphatic rings. The van der Waals surface area contributed by atoms with E-state index in [0.29, 0.717) is 19.5 Å². The molecule has 0 radical (unpaired) electrons. The van der Waals surface area contributed by atoms with Gasteiger partial charge in [0.25, 0.3) is 5.91 Å². The molecule has 0 bridgehead atoms. The van der Waals surface area contributed by atoms with Crippen LogP contribution in [0.15, 0.2) is 18.2 Å². The molecule has 1 aromatic rings. The lowest BCUT2D eigenvalue weighted by Gasteiger charge is -2.37. The lowest BCUT2D eigenvalue weighted by molar-refractivity contribution is 0.0577. The normalized spacial score (nSPS) is 15.1. The van der Waals surface area contributed by atoms with Crippen LogP contribution in [0.2, 0.25) is 0 Å². The summed E-state index contributed by atoms with van der Waals surface area (Å²) >= 11 is 0. The average molecular weight is 268 g/mol. The highest BCUT2D eigenvalue weighted by molar-refractivity contribution is 5.94. The number of nitrogens with two attached hydrogens (primary N) is 1. The topological polar surface area (TPSA) is 46.3 Å². The number of hydrogen-bond donors (Lipinski definition) is 1. The first-order valence-corrected chi connectivity index (χ1v) is 6.59. The fourth-order valence-corrected chi connectivity index (χ4v) is 2.25. The Morgan fingerprint density at radius 2 is 1.89 bits per heavy atom. The van der Waals surface area contributed by atoms with E-state index in [4.69, 9.17) is 5.73 Å². The maximum absolute atomic E-state index is 13.2. The molecule has 1 aromatic carbocycles. The van der Waals surface area contributed by atoms with E-state index in [-0.39, 0.29) is 17.5 Å². The van der Waals surface area contributed by atoms with Crippen molar-refractivity contribution in [3.05, 3.63) is 35.4 Å². The van der Waals surface area contributed by atoms with E-state index in [1.165, 1.54) is 0 Å². The van der Waals surface area contributed by atoms with Gasteiger partial charge in [-0.15, -0.1) is 0 Å². The molecule has 19 heavy (non-hydrogen) atoms. The molecule has 0 unspecified atom stereocenters. The molecular weight excluding hydrogens is 250 g/mol. The Morgan fingerprint density at radius 3 is 2.37 bits per heavy atom. The summed E-state index contributed by atoms with van der Waals surface area (Å²) < 4.78 is 26.3. The standard InChI is InChI=1S/C14H18F2N2O/c15-11-7-10(8-12(16)9-11)14(19)18(6-2-5-17)13-3-1-4-13/h7-9,13H,1-6,17H2. The first kappa shape index (κ1) is 13.9. The number of benzene rings is 1. The van der Waals surface area contributed by atoms with Crippen molar-refractivity contribution >= 4 is 5.91 Å². The molecule has 1 saturated carbocycles. The predicted molar refractivity (Wildman–Crippen MR) is 68.7 cm³/mol. The van der Waals surface area contributed by atoms with Crippen LogP contribution >= 0.6 is 0 Å². The van der Waals surface area contributed by atoms with Crippen LogP contribution < -0.4 is 5.73 Å². The van der Waals surface area contributed by atoms with Gasteiger partial charge in [0.05, 0.1) is 0 Å². The van der Waals surface area contributed by atoms with Crippen LogP contribution in [0, 0.1) is 11.6 Å². The van der Waals surface area contributed by atoms with Gasteiger partial charge in [0.2, 0.25) is 0 Å². The van der Waals surface area contributed by atoms with Gasteiger partial charge < -0.3 is 10.6 Å².